The average molecular weight is 355 g/mol. The van der Waals surface area contributed by atoms with E-state index < -0.39 is 22.9 Å². The van der Waals surface area contributed by atoms with Crippen molar-refractivity contribution in [2.24, 2.45) is 4.99 Å². The third-order valence-corrected chi connectivity index (χ3v) is 3.62. The predicted molar refractivity (Wildman–Crippen MR) is 94.5 cm³/mol. The van der Waals surface area contributed by atoms with E-state index in [2.05, 4.69) is 9.98 Å². The minimum atomic E-state index is -0.853. The summed E-state index contributed by atoms with van der Waals surface area (Å²) in [7, 11) is 1.48. The van der Waals surface area contributed by atoms with E-state index in [9.17, 15) is 19.1 Å². The molecule has 3 aromatic rings. The van der Waals surface area contributed by atoms with E-state index in [1.807, 2.05) is 0 Å². The molecule has 0 radical (unpaired) electrons. The number of rotatable bonds is 4. The normalized spacial score (nSPS) is 11.0. The number of nitrogens with zero attached hydrogens (tertiary/aromatic N) is 2. The Balaban J connectivity index is 2.12. The molecule has 2 aromatic carbocycles. The number of benzene rings is 2. The molecule has 0 saturated heterocycles. The molecular weight excluding hydrogens is 341 g/mol. The molecule has 3 rings (SSSR count). The second-order valence-corrected chi connectivity index (χ2v) is 5.24. The van der Waals surface area contributed by atoms with Crippen LogP contribution in [0.4, 0.5) is 10.1 Å². The van der Waals surface area contributed by atoms with E-state index >= 15 is 0 Å². The Morgan fingerprint density at radius 2 is 1.85 bits per heavy atom. The summed E-state index contributed by atoms with van der Waals surface area (Å²) < 4.78 is 19.1. The molecule has 0 spiro atoms. The van der Waals surface area contributed by atoms with Gasteiger partial charge in [0.1, 0.15) is 22.8 Å². The molecule has 0 aliphatic rings. The van der Waals surface area contributed by atoms with Crippen LogP contribution in [-0.4, -0.2) is 28.0 Å². The smallest absolute Gasteiger partial charge is 0.335 e. The summed E-state index contributed by atoms with van der Waals surface area (Å²) in [6.07, 6.45) is 1.13. The first-order chi connectivity index (χ1) is 12.5. The van der Waals surface area contributed by atoms with Gasteiger partial charge < -0.3 is 9.84 Å². The van der Waals surface area contributed by atoms with Crippen molar-refractivity contribution in [2.75, 3.05) is 7.11 Å². The van der Waals surface area contributed by atoms with Gasteiger partial charge in [0.2, 0.25) is 5.88 Å². The largest absolute Gasteiger partial charge is 0.494 e. The highest BCUT2D eigenvalue weighted by atomic mass is 19.1. The fraction of sp³-hybridized carbons (Fsp3) is 0.0556. The van der Waals surface area contributed by atoms with Crippen LogP contribution >= 0.6 is 0 Å². The number of nitrogens with one attached hydrogen (secondary N) is 1. The SMILES string of the molecule is COc1ccccc1N=Cc1c(O)n(-c2ccc(F)cc2)c(=O)[nH]c1=O. The van der Waals surface area contributed by atoms with Gasteiger partial charge in [0.25, 0.3) is 5.56 Å². The standard InChI is InChI=1S/C18H14FN3O4/c1-26-15-5-3-2-4-14(15)20-10-13-16(23)21-18(25)22(17(13)24)12-8-6-11(19)7-9-12/h2-10,24H,1H3,(H,21,23,25). The van der Waals surface area contributed by atoms with Gasteiger partial charge >= 0.3 is 5.69 Å². The van der Waals surface area contributed by atoms with Crippen molar-refractivity contribution in [1.29, 1.82) is 0 Å². The number of methoxy groups -OCH3 is 1. The minimum absolute atomic E-state index is 0.192. The highest BCUT2D eigenvalue weighted by Crippen LogP contribution is 2.26. The van der Waals surface area contributed by atoms with Gasteiger partial charge in [0.15, 0.2) is 0 Å². The van der Waals surface area contributed by atoms with E-state index in [0.29, 0.717) is 11.4 Å². The summed E-state index contributed by atoms with van der Waals surface area (Å²) in [5.41, 5.74) is -1.25. The van der Waals surface area contributed by atoms with E-state index in [0.717, 1.165) is 22.9 Å². The molecule has 2 N–H and O–H groups in total. The quantitative estimate of drug-likeness (QED) is 0.701. The fourth-order valence-corrected chi connectivity index (χ4v) is 2.36. The van der Waals surface area contributed by atoms with Crippen LogP contribution < -0.4 is 16.0 Å². The minimum Gasteiger partial charge on any atom is -0.494 e. The number of aromatic nitrogens is 2. The molecule has 0 unspecified atom stereocenters. The maximum absolute atomic E-state index is 13.1. The second kappa shape index (κ2) is 7.06. The van der Waals surface area contributed by atoms with E-state index in [-0.39, 0.29) is 11.3 Å². The van der Waals surface area contributed by atoms with Crippen LogP contribution in [0.3, 0.4) is 0 Å². The Bertz CT molecular complexity index is 1080. The highest BCUT2D eigenvalue weighted by molar-refractivity contribution is 5.85. The van der Waals surface area contributed by atoms with Crippen molar-refractivity contribution in [1.82, 2.24) is 9.55 Å². The number of H-pyrrole nitrogens is 1. The number of aliphatic imine (C=N–C) groups is 1. The van der Waals surface area contributed by atoms with Crippen LogP contribution in [0, 0.1) is 5.82 Å². The van der Waals surface area contributed by atoms with Gasteiger partial charge in [-0.3, -0.25) is 14.8 Å². The molecule has 0 saturated carbocycles. The van der Waals surface area contributed by atoms with Gasteiger partial charge in [-0.25, -0.2) is 13.8 Å². The molecule has 1 aromatic heterocycles. The summed E-state index contributed by atoms with van der Waals surface area (Å²) in [5.74, 6) is -0.626. The Morgan fingerprint density at radius 3 is 2.54 bits per heavy atom. The molecule has 7 nitrogen and oxygen atoms in total. The van der Waals surface area contributed by atoms with E-state index in [1.54, 1.807) is 24.3 Å². The zero-order valence-electron chi connectivity index (χ0n) is 13.6. The molecule has 0 aliphatic heterocycles. The monoisotopic (exact) mass is 355 g/mol. The van der Waals surface area contributed by atoms with Crippen LogP contribution in [0.2, 0.25) is 0 Å². The number of halogens is 1. The lowest BCUT2D eigenvalue weighted by Crippen LogP contribution is -2.31. The summed E-state index contributed by atoms with van der Waals surface area (Å²) >= 11 is 0. The maximum atomic E-state index is 13.1. The van der Waals surface area contributed by atoms with Crippen molar-refractivity contribution in [3.63, 3.8) is 0 Å². The Kier molecular flexibility index (Phi) is 4.66. The molecule has 26 heavy (non-hydrogen) atoms. The summed E-state index contributed by atoms with van der Waals surface area (Å²) in [6, 6.07) is 11.7. The maximum Gasteiger partial charge on any atom is 0.335 e. The molecular formula is C18H14FN3O4. The second-order valence-electron chi connectivity index (χ2n) is 5.24. The molecule has 0 fully saturated rings. The zero-order chi connectivity index (χ0) is 18.7. The summed E-state index contributed by atoms with van der Waals surface area (Å²) in [6.45, 7) is 0. The van der Waals surface area contributed by atoms with Crippen LogP contribution in [0.25, 0.3) is 5.69 Å². The molecule has 8 heteroatoms. The van der Waals surface area contributed by atoms with Crippen molar-refractivity contribution in [3.8, 4) is 17.3 Å². The lowest BCUT2D eigenvalue weighted by atomic mass is 10.2. The van der Waals surface area contributed by atoms with Gasteiger partial charge in [-0.1, -0.05) is 12.1 Å². The number of hydrogen-bond donors (Lipinski definition) is 2. The number of para-hydroxylation sites is 2. The number of aromatic hydroxyl groups is 1. The van der Waals surface area contributed by atoms with Crippen molar-refractivity contribution in [2.45, 2.75) is 0 Å². The van der Waals surface area contributed by atoms with Crippen LogP contribution in [-0.2, 0) is 0 Å². The topological polar surface area (TPSA) is 96.7 Å². The van der Waals surface area contributed by atoms with Crippen molar-refractivity contribution < 1.29 is 14.2 Å². The number of ether oxygens (including phenoxy) is 1. The Labute approximate surface area is 146 Å². The predicted octanol–water partition coefficient (Wildman–Crippen LogP) is 2.13. The number of aromatic amines is 1. The van der Waals surface area contributed by atoms with Gasteiger partial charge in [-0.2, -0.15) is 0 Å². The van der Waals surface area contributed by atoms with E-state index in [1.165, 1.54) is 19.2 Å². The molecule has 0 aliphatic carbocycles. The first-order valence-electron chi connectivity index (χ1n) is 7.52. The average Bonchev–Trinajstić information content (AvgIpc) is 2.63. The number of hydrogen-bond acceptors (Lipinski definition) is 5. The highest BCUT2D eigenvalue weighted by Gasteiger charge is 2.14. The van der Waals surface area contributed by atoms with Gasteiger partial charge in [0, 0.05) is 6.21 Å². The van der Waals surface area contributed by atoms with Crippen molar-refractivity contribution >= 4 is 11.9 Å². The van der Waals surface area contributed by atoms with Gasteiger partial charge in [-0.15, -0.1) is 0 Å². The lowest BCUT2D eigenvalue weighted by molar-refractivity contribution is 0.416. The molecule has 132 valence electrons. The Hall–Kier alpha value is -3.68. The molecule has 0 atom stereocenters. The third kappa shape index (κ3) is 3.25. The summed E-state index contributed by atoms with van der Waals surface area (Å²) in [4.78, 5) is 30.4. The van der Waals surface area contributed by atoms with E-state index in [4.69, 9.17) is 4.74 Å². The first kappa shape index (κ1) is 17.2. The van der Waals surface area contributed by atoms with Gasteiger partial charge in [0.05, 0.1) is 12.8 Å². The fourth-order valence-electron chi connectivity index (χ4n) is 2.36. The first-order valence-corrected chi connectivity index (χ1v) is 7.52. The molecule has 1 heterocycles. The van der Waals surface area contributed by atoms with Crippen LogP contribution in [0.1, 0.15) is 5.56 Å². The Morgan fingerprint density at radius 1 is 1.15 bits per heavy atom. The van der Waals surface area contributed by atoms with Crippen molar-refractivity contribution in [3.05, 3.63) is 80.7 Å². The molecule has 0 bridgehead atoms. The van der Waals surface area contributed by atoms with Crippen LogP contribution in [0.15, 0.2) is 63.1 Å². The summed E-state index contributed by atoms with van der Waals surface area (Å²) in [5, 5.41) is 10.4. The lowest BCUT2D eigenvalue weighted by Gasteiger charge is -2.09. The van der Waals surface area contributed by atoms with Crippen LogP contribution in [0.5, 0.6) is 11.6 Å². The zero-order valence-corrected chi connectivity index (χ0v) is 13.6. The van der Waals surface area contributed by atoms with Gasteiger partial charge in [-0.05, 0) is 36.4 Å². The molecule has 0 amide bonds. The third-order valence-electron chi connectivity index (χ3n) is 3.62.